The van der Waals surface area contributed by atoms with Crippen molar-refractivity contribution in [3.63, 3.8) is 0 Å². The number of halogens is 1. The predicted molar refractivity (Wildman–Crippen MR) is 73.1 cm³/mol. The zero-order chi connectivity index (χ0) is 14.4. The van der Waals surface area contributed by atoms with E-state index in [4.69, 9.17) is 11.6 Å². The van der Waals surface area contributed by atoms with Crippen LogP contribution in [0.25, 0.3) is 0 Å². The van der Waals surface area contributed by atoms with E-state index in [-0.39, 0.29) is 17.5 Å². The Hall–Kier alpha value is -2.08. The summed E-state index contributed by atoms with van der Waals surface area (Å²) in [6.45, 7) is 0. The minimum absolute atomic E-state index is 0.0257. The average Bonchev–Trinajstić information content (AvgIpc) is 2.86. The van der Waals surface area contributed by atoms with Crippen LogP contribution >= 0.6 is 11.6 Å². The van der Waals surface area contributed by atoms with E-state index < -0.39 is 16.9 Å². The van der Waals surface area contributed by atoms with Crippen LogP contribution < -0.4 is 5.32 Å². The highest BCUT2D eigenvalue weighted by atomic mass is 35.5. The van der Waals surface area contributed by atoms with Crippen LogP contribution in [-0.2, 0) is 4.79 Å². The monoisotopic (exact) mass is 294 g/mol. The summed E-state index contributed by atoms with van der Waals surface area (Å²) in [5.74, 6) is -1.49. The molecule has 3 atom stereocenters. The molecule has 0 fully saturated rings. The van der Waals surface area contributed by atoms with Gasteiger partial charge in [0.25, 0.3) is 5.69 Å². The van der Waals surface area contributed by atoms with Gasteiger partial charge in [0.05, 0.1) is 21.2 Å². The molecule has 0 aromatic heterocycles. The van der Waals surface area contributed by atoms with Crippen molar-refractivity contribution in [1.82, 2.24) is 0 Å². The van der Waals surface area contributed by atoms with Crippen molar-refractivity contribution in [3.05, 3.63) is 45.0 Å². The lowest BCUT2D eigenvalue weighted by Gasteiger charge is -2.34. The molecule has 1 aliphatic heterocycles. The first kappa shape index (κ1) is 12.9. The molecular formula is C13H11ClN2O4. The van der Waals surface area contributed by atoms with Gasteiger partial charge >= 0.3 is 5.97 Å². The number of rotatable bonds is 2. The number of nitro benzene ring substituents is 1. The number of carboxylic acids is 1. The van der Waals surface area contributed by atoms with E-state index in [2.05, 4.69) is 5.32 Å². The minimum Gasteiger partial charge on any atom is -0.480 e. The van der Waals surface area contributed by atoms with E-state index in [9.17, 15) is 20.0 Å². The second kappa shape index (κ2) is 4.49. The fourth-order valence-electron chi connectivity index (χ4n) is 3.06. The molecule has 0 unspecified atom stereocenters. The summed E-state index contributed by atoms with van der Waals surface area (Å²) in [5.41, 5.74) is 0.821. The van der Waals surface area contributed by atoms with Crippen LogP contribution in [0.4, 0.5) is 11.4 Å². The molecule has 104 valence electrons. The molecule has 2 N–H and O–H groups in total. The van der Waals surface area contributed by atoms with Gasteiger partial charge in [0.15, 0.2) is 0 Å². The lowest BCUT2D eigenvalue weighted by atomic mass is 9.78. The number of hydrogen-bond donors (Lipinski definition) is 2. The summed E-state index contributed by atoms with van der Waals surface area (Å²) >= 11 is 6.08. The van der Waals surface area contributed by atoms with Crippen LogP contribution in [0.1, 0.15) is 17.9 Å². The van der Waals surface area contributed by atoms with Crippen LogP contribution in [0, 0.1) is 16.0 Å². The van der Waals surface area contributed by atoms with Crippen molar-refractivity contribution in [2.75, 3.05) is 5.32 Å². The van der Waals surface area contributed by atoms with Crippen molar-refractivity contribution in [2.45, 2.75) is 18.4 Å². The first-order valence-electron chi connectivity index (χ1n) is 6.13. The molecule has 1 aromatic rings. The van der Waals surface area contributed by atoms with E-state index in [1.54, 1.807) is 0 Å². The van der Waals surface area contributed by atoms with Crippen LogP contribution in [-0.4, -0.2) is 22.0 Å². The quantitative estimate of drug-likeness (QED) is 0.497. The molecular weight excluding hydrogens is 284 g/mol. The van der Waals surface area contributed by atoms with Crippen LogP contribution in [0.2, 0.25) is 5.02 Å². The second-order valence-electron chi connectivity index (χ2n) is 4.93. The number of nitrogens with zero attached hydrogens (tertiary/aromatic N) is 1. The third-order valence-corrected chi connectivity index (χ3v) is 4.22. The van der Waals surface area contributed by atoms with Gasteiger partial charge in [-0.05, 0) is 12.5 Å². The summed E-state index contributed by atoms with van der Waals surface area (Å²) in [5, 5.41) is 23.7. The van der Waals surface area contributed by atoms with Crippen molar-refractivity contribution >= 4 is 28.9 Å². The summed E-state index contributed by atoms with van der Waals surface area (Å²) in [6.07, 6.45) is 4.29. The lowest BCUT2D eigenvalue weighted by Crippen LogP contribution is -2.42. The number of anilines is 1. The third-order valence-electron chi connectivity index (χ3n) is 3.91. The van der Waals surface area contributed by atoms with Gasteiger partial charge in [0, 0.05) is 17.9 Å². The third kappa shape index (κ3) is 1.76. The largest absolute Gasteiger partial charge is 0.480 e. The molecule has 0 saturated heterocycles. The molecule has 0 saturated carbocycles. The van der Waals surface area contributed by atoms with Crippen molar-refractivity contribution in [3.8, 4) is 0 Å². The maximum Gasteiger partial charge on any atom is 0.326 e. The van der Waals surface area contributed by atoms with Gasteiger partial charge in [-0.2, -0.15) is 0 Å². The summed E-state index contributed by atoms with van der Waals surface area (Å²) in [6, 6.07) is 2.00. The van der Waals surface area contributed by atoms with Crippen LogP contribution in [0.5, 0.6) is 0 Å². The fraction of sp³-hybridized carbons (Fsp3) is 0.308. The Labute approximate surface area is 119 Å². The van der Waals surface area contributed by atoms with Crippen molar-refractivity contribution < 1.29 is 14.8 Å². The number of carboxylic acid groups (broad SMARTS) is 1. The molecule has 1 aromatic carbocycles. The summed E-state index contributed by atoms with van der Waals surface area (Å²) in [4.78, 5) is 22.1. The van der Waals surface area contributed by atoms with Gasteiger partial charge < -0.3 is 10.4 Å². The molecule has 0 amide bonds. The maximum absolute atomic E-state index is 11.4. The maximum atomic E-state index is 11.4. The topological polar surface area (TPSA) is 92.5 Å². The Morgan fingerprint density at radius 3 is 2.90 bits per heavy atom. The zero-order valence-corrected chi connectivity index (χ0v) is 11.0. The number of aliphatic carboxylic acids is 1. The Morgan fingerprint density at radius 2 is 2.25 bits per heavy atom. The van der Waals surface area contributed by atoms with E-state index in [1.807, 2.05) is 12.2 Å². The second-order valence-corrected chi connectivity index (χ2v) is 5.33. The van der Waals surface area contributed by atoms with Gasteiger partial charge in [-0.3, -0.25) is 10.1 Å². The molecule has 7 heteroatoms. The SMILES string of the molecule is O=C(O)[C@@H]1Nc2c(Cl)ccc([N+](=O)[O-])c2[C@H]2C=CC[C@@H]21. The van der Waals surface area contributed by atoms with Gasteiger partial charge in [-0.1, -0.05) is 23.8 Å². The van der Waals surface area contributed by atoms with E-state index >= 15 is 0 Å². The summed E-state index contributed by atoms with van der Waals surface area (Å²) in [7, 11) is 0. The number of allylic oxidation sites excluding steroid dienone is 2. The Balaban J connectivity index is 2.22. The van der Waals surface area contributed by atoms with Gasteiger partial charge in [0.1, 0.15) is 6.04 Å². The molecule has 0 bridgehead atoms. The molecule has 1 heterocycles. The molecule has 3 rings (SSSR count). The Morgan fingerprint density at radius 1 is 1.50 bits per heavy atom. The number of hydrogen-bond acceptors (Lipinski definition) is 4. The molecule has 2 aliphatic rings. The van der Waals surface area contributed by atoms with Gasteiger partial charge in [-0.25, -0.2) is 4.79 Å². The van der Waals surface area contributed by atoms with E-state index in [1.165, 1.54) is 12.1 Å². The number of fused-ring (bicyclic) bond motifs is 3. The van der Waals surface area contributed by atoms with Crippen LogP contribution in [0.3, 0.4) is 0 Å². The number of carbonyl (C=O) groups is 1. The van der Waals surface area contributed by atoms with Gasteiger partial charge in [-0.15, -0.1) is 0 Å². The summed E-state index contributed by atoms with van der Waals surface area (Å²) < 4.78 is 0. The normalized spacial score (nSPS) is 26.6. The molecule has 1 aliphatic carbocycles. The van der Waals surface area contributed by atoms with E-state index in [0.717, 1.165) is 0 Å². The standard InChI is InChI=1S/C13H11ClN2O4/c14-8-4-5-9(16(19)20)10-6-2-1-3-7(6)11(13(17)18)15-12(8)10/h1-2,4-7,11,15H,3H2,(H,17,18)/t6-,7-,11+/m0/s1. The number of nitrogens with one attached hydrogen (secondary N) is 1. The lowest BCUT2D eigenvalue weighted by molar-refractivity contribution is -0.385. The smallest absolute Gasteiger partial charge is 0.326 e. The average molecular weight is 295 g/mol. The van der Waals surface area contributed by atoms with Crippen molar-refractivity contribution in [2.24, 2.45) is 5.92 Å². The molecule has 0 radical (unpaired) electrons. The predicted octanol–water partition coefficient (Wildman–Crippen LogP) is 2.79. The van der Waals surface area contributed by atoms with Crippen LogP contribution in [0.15, 0.2) is 24.3 Å². The first-order valence-corrected chi connectivity index (χ1v) is 6.51. The highest BCUT2D eigenvalue weighted by molar-refractivity contribution is 6.33. The highest BCUT2D eigenvalue weighted by Crippen LogP contribution is 2.50. The number of nitro groups is 1. The molecule has 6 nitrogen and oxygen atoms in total. The fourth-order valence-corrected chi connectivity index (χ4v) is 3.28. The Kier molecular flexibility index (Phi) is 2.90. The molecule has 20 heavy (non-hydrogen) atoms. The molecule has 0 spiro atoms. The zero-order valence-electron chi connectivity index (χ0n) is 10.2. The van der Waals surface area contributed by atoms with E-state index in [0.29, 0.717) is 22.7 Å². The highest BCUT2D eigenvalue weighted by Gasteiger charge is 2.44. The Bertz CT molecular complexity index is 644. The van der Waals surface area contributed by atoms with Gasteiger partial charge in [0.2, 0.25) is 0 Å². The van der Waals surface area contributed by atoms with Crippen molar-refractivity contribution in [1.29, 1.82) is 0 Å². The minimum atomic E-state index is -0.975. The first-order chi connectivity index (χ1) is 9.50. The number of benzene rings is 1.